The first-order chi connectivity index (χ1) is 10.4. The van der Waals surface area contributed by atoms with Crippen LogP contribution in [-0.4, -0.2) is 38.9 Å². The molecule has 0 spiro atoms. The molecule has 1 N–H and O–H groups in total. The minimum atomic E-state index is -0.402. The molecule has 2 aromatic rings. The van der Waals surface area contributed by atoms with Crippen molar-refractivity contribution in [2.75, 3.05) is 25.6 Å². The maximum atomic E-state index is 12.5. The number of imidazole rings is 1. The fraction of sp³-hybridized carbons (Fsp3) is 0.500. The normalized spacial score (nSPS) is 11.1. The van der Waals surface area contributed by atoms with Crippen molar-refractivity contribution in [2.45, 2.75) is 13.5 Å². The molecule has 0 aromatic carbocycles. The summed E-state index contributed by atoms with van der Waals surface area (Å²) >= 11 is 0. The molecule has 2 rings (SSSR count). The first kappa shape index (κ1) is 16.0. The van der Waals surface area contributed by atoms with Gasteiger partial charge in [0.05, 0.1) is 6.61 Å². The first-order valence-corrected chi connectivity index (χ1v) is 6.92. The topological polar surface area (TPSA) is 83.1 Å². The summed E-state index contributed by atoms with van der Waals surface area (Å²) in [7, 11) is 4.67. The number of fused-ring (bicyclic) bond motifs is 1. The Morgan fingerprint density at radius 2 is 2.00 bits per heavy atom. The zero-order chi connectivity index (χ0) is 16.4. The van der Waals surface area contributed by atoms with Crippen LogP contribution in [0.4, 0.5) is 5.95 Å². The summed E-state index contributed by atoms with van der Waals surface area (Å²) in [6.07, 6.45) is 0. The van der Waals surface area contributed by atoms with Gasteiger partial charge in [-0.3, -0.25) is 13.9 Å². The van der Waals surface area contributed by atoms with Crippen LogP contribution in [-0.2, 0) is 25.4 Å². The van der Waals surface area contributed by atoms with E-state index >= 15 is 0 Å². The van der Waals surface area contributed by atoms with E-state index in [4.69, 9.17) is 4.74 Å². The van der Waals surface area contributed by atoms with E-state index in [2.05, 4.69) is 16.9 Å². The number of hydrogen-bond acceptors (Lipinski definition) is 5. The molecule has 0 atom stereocenters. The molecule has 0 fully saturated rings. The van der Waals surface area contributed by atoms with Gasteiger partial charge in [-0.05, 0) is 6.92 Å². The SMILES string of the molecule is C=C(C)Cn1c(NCCOC)nc2c1c(=O)n(C)c(=O)n2C. The summed E-state index contributed by atoms with van der Waals surface area (Å²) in [6.45, 7) is 7.26. The van der Waals surface area contributed by atoms with Crippen molar-refractivity contribution in [3.8, 4) is 0 Å². The third kappa shape index (κ3) is 2.69. The molecule has 0 saturated heterocycles. The second kappa shape index (κ2) is 6.18. The molecule has 0 aliphatic rings. The van der Waals surface area contributed by atoms with E-state index in [1.54, 1.807) is 18.7 Å². The fourth-order valence-electron chi connectivity index (χ4n) is 2.27. The molecule has 0 unspecified atom stereocenters. The number of ether oxygens (including phenoxy) is 1. The Morgan fingerprint density at radius 1 is 1.32 bits per heavy atom. The molecular formula is C14H21N5O3. The van der Waals surface area contributed by atoms with Crippen molar-refractivity contribution in [1.82, 2.24) is 18.7 Å². The summed E-state index contributed by atoms with van der Waals surface area (Å²) in [5, 5.41) is 3.12. The molecule has 0 bridgehead atoms. The molecule has 0 aliphatic heterocycles. The largest absolute Gasteiger partial charge is 0.383 e. The lowest BCUT2D eigenvalue weighted by molar-refractivity contribution is 0.210. The Bertz CT molecular complexity index is 828. The predicted octanol–water partition coefficient (Wildman–Crippen LogP) is 0.0681. The fourth-order valence-corrected chi connectivity index (χ4v) is 2.27. The number of aromatic nitrogens is 4. The lowest BCUT2D eigenvalue weighted by Crippen LogP contribution is -2.37. The standard InChI is InChI=1S/C14H21N5O3/c1-9(2)8-19-10-11(16-13(19)15-6-7-22-5)17(3)14(21)18(4)12(10)20/h1,6-8H2,2-5H3,(H,15,16). The molecule has 8 heteroatoms. The predicted molar refractivity (Wildman–Crippen MR) is 85.4 cm³/mol. The average molecular weight is 307 g/mol. The second-order valence-corrected chi connectivity index (χ2v) is 5.28. The lowest BCUT2D eigenvalue weighted by atomic mass is 10.3. The molecule has 22 heavy (non-hydrogen) atoms. The zero-order valence-electron chi connectivity index (χ0n) is 13.3. The number of nitrogens with one attached hydrogen (secondary N) is 1. The second-order valence-electron chi connectivity index (χ2n) is 5.28. The molecular weight excluding hydrogens is 286 g/mol. The van der Waals surface area contributed by atoms with Crippen LogP contribution in [0.2, 0.25) is 0 Å². The Kier molecular flexibility index (Phi) is 4.51. The van der Waals surface area contributed by atoms with Gasteiger partial charge in [0, 0.05) is 34.3 Å². The Morgan fingerprint density at radius 3 is 2.59 bits per heavy atom. The van der Waals surface area contributed by atoms with E-state index in [1.165, 1.54) is 11.6 Å². The van der Waals surface area contributed by atoms with Gasteiger partial charge in [-0.2, -0.15) is 4.98 Å². The number of rotatable bonds is 6. The van der Waals surface area contributed by atoms with Crippen LogP contribution in [0.5, 0.6) is 0 Å². The Hall–Kier alpha value is -2.35. The highest BCUT2D eigenvalue weighted by Gasteiger charge is 2.18. The lowest BCUT2D eigenvalue weighted by Gasteiger charge is -2.10. The summed E-state index contributed by atoms with van der Waals surface area (Å²) in [6, 6.07) is 0. The highest BCUT2D eigenvalue weighted by Crippen LogP contribution is 2.16. The van der Waals surface area contributed by atoms with Gasteiger partial charge in [-0.1, -0.05) is 12.2 Å². The minimum Gasteiger partial charge on any atom is -0.383 e. The molecule has 0 saturated carbocycles. The van der Waals surface area contributed by atoms with Gasteiger partial charge < -0.3 is 14.6 Å². The molecule has 120 valence electrons. The van der Waals surface area contributed by atoms with E-state index in [9.17, 15) is 9.59 Å². The number of hydrogen-bond donors (Lipinski definition) is 1. The van der Waals surface area contributed by atoms with Crippen LogP contribution in [0.1, 0.15) is 6.92 Å². The molecule has 0 amide bonds. The van der Waals surface area contributed by atoms with Gasteiger partial charge >= 0.3 is 5.69 Å². The maximum absolute atomic E-state index is 12.5. The highest BCUT2D eigenvalue weighted by atomic mass is 16.5. The molecule has 2 aromatic heterocycles. The van der Waals surface area contributed by atoms with Crippen molar-refractivity contribution < 1.29 is 4.74 Å². The first-order valence-electron chi connectivity index (χ1n) is 6.92. The maximum Gasteiger partial charge on any atom is 0.332 e. The van der Waals surface area contributed by atoms with E-state index in [0.717, 1.165) is 10.1 Å². The Labute approximate surface area is 127 Å². The van der Waals surface area contributed by atoms with Crippen molar-refractivity contribution in [2.24, 2.45) is 14.1 Å². The van der Waals surface area contributed by atoms with Crippen LogP contribution in [0.25, 0.3) is 11.2 Å². The molecule has 0 radical (unpaired) electrons. The summed E-state index contributed by atoms with van der Waals surface area (Å²) in [5.74, 6) is 0.522. The van der Waals surface area contributed by atoms with E-state index in [1.807, 2.05) is 6.92 Å². The van der Waals surface area contributed by atoms with Gasteiger partial charge in [-0.25, -0.2) is 4.79 Å². The number of methoxy groups -OCH3 is 1. The van der Waals surface area contributed by atoms with Crippen LogP contribution in [0, 0.1) is 0 Å². The van der Waals surface area contributed by atoms with Crippen LogP contribution >= 0.6 is 0 Å². The number of allylic oxidation sites excluding steroid dienone is 1. The van der Waals surface area contributed by atoms with Crippen LogP contribution in [0.15, 0.2) is 21.7 Å². The minimum absolute atomic E-state index is 0.356. The number of anilines is 1. The highest BCUT2D eigenvalue weighted by molar-refractivity contribution is 5.74. The quantitative estimate of drug-likeness (QED) is 0.603. The van der Waals surface area contributed by atoms with Crippen molar-refractivity contribution in [3.05, 3.63) is 33.0 Å². The summed E-state index contributed by atoms with van der Waals surface area (Å²) in [5.41, 5.74) is 0.847. The molecule has 8 nitrogen and oxygen atoms in total. The Balaban J connectivity index is 2.72. The van der Waals surface area contributed by atoms with Gasteiger partial charge in [0.1, 0.15) is 0 Å². The van der Waals surface area contributed by atoms with E-state index < -0.39 is 5.69 Å². The summed E-state index contributed by atoms with van der Waals surface area (Å²) in [4.78, 5) is 28.9. The molecule has 2 heterocycles. The van der Waals surface area contributed by atoms with Gasteiger partial charge in [0.15, 0.2) is 11.2 Å². The monoisotopic (exact) mass is 307 g/mol. The van der Waals surface area contributed by atoms with E-state index in [-0.39, 0.29) is 5.56 Å². The summed E-state index contributed by atoms with van der Waals surface area (Å²) < 4.78 is 9.20. The van der Waals surface area contributed by atoms with Crippen molar-refractivity contribution in [3.63, 3.8) is 0 Å². The van der Waals surface area contributed by atoms with Crippen LogP contribution in [0.3, 0.4) is 0 Å². The van der Waals surface area contributed by atoms with Gasteiger partial charge in [-0.15, -0.1) is 0 Å². The zero-order valence-corrected chi connectivity index (χ0v) is 13.3. The number of aryl methyl sites for hydroxylation is 1. The average Bonchev–Trinajstić information content (AvgIpc) is 2.81. The third-order valence-corrected chi connectivity index (χ3v) is 3.37. The van der Waals surface area contributed by atoms with Gasteiger partial charge in [0.25, 0.3) is 5.56 Å². The molecule has 0 aliphatic carbocycles. The third-order valence-electron chi connectivity index (χ3n) is 3.37. The smallest absolute Gasteiger partial charge is 0.332 e. The number of nitrogens with zero attached hydrogens (tertiary/aromatic N) is 4. The van der Waals surface area contributed by atoms with Crippen LogP contribution < -0.4 is 16.6 Å². The van der Waals surface area contributed by atoms with Crippen molar-refractivity contribution in [1.29, 1.82) is 0 Å². The van der Waals surface area contributed by atoms with Gasteiger partial charge in [0.2, 0.25) is 5.95 Å². The van der Waals surface area contributed by atoms with E-state index in [0.29, 0.717) is 36.8 Å². The van der Waals surface area contributed by atoms with Crippen molar-refractivity contribution >= 4 is 17.1 Å².